The van der Waals surface area contributed by atoms with Crippen LogP contribution in [-0.4, -0.2) is 4.98 Å². The molecule has 0 bridgehead atoms. The van der Waals surface area contributed by atoms with Crippen LogP contribution in [0.5, 0.6) is 0 Å². The number of aryl methyl sites for hydroxylation is 1. The van der Waals surface area contributed by atoms with Crippen LogP contribution in [-0.2, 0) is 6.42 Å². The van der Waals surface area contributed by atoms with E-state index in [0.717, 1.165) is 17.4 Å². The predicted molar refractivity (Wildman–Crippen MR) is 83.6 cm³/mol. The molecule has 0 radical (unpaired) electrons. The van der Waals surface area contributed by atoms with E-state index < -0.39 is 0 Å². The first-order valence-electron chi connectivity index (χ1n) is 6.97. The zero-order chi connectivity index (χ0) is 13.9. The van der Waals surface area contributed by atoms with E-state index in [0.29, 0.717) is 0 Å². The lowest BCUT2D eigenvalue weighted by molar-refractivity contribution is 0.852. The summed E-state index contributed by atoms with van der Waals surface area (Å²) < 4.78 is 0. The van der Waals surface area contributed by atoms with E-state index in [2.05, 4.69) is 42.2 Å². The van der Waals surface area contributed by atoms with Gasteiger partial charge in [0.05, 0.1) is 6.04 Å². The molecular formula is C18H18N2. The molecule has 0 saturated heterocycles. The fourth-order valence-electron chi connectivity index (χ4n) is 2.71. The highest BCUT2D eigenvalue weighted by molar-refractivity contribution is 5.85. The van der Waals surface area contributed by atoms with E-state index in [1.54, 1.807) is 0 Å². The van der Waals surface area contributed by atoms with Gasteiger partial charge in [-0.25, -0.2) is 0 Å². The van der Waals surface area contributed by atoms with E-state index >= 15 is 0 Å². The molecule has 1 aromatic heterocycles. The molecule has 2 N–H and O–H groups in total. The molecule has 1 heterocycles. The van der Waals surface area contributed by atoms with Gasteiger partial charge in [-0.05, 0) is 28.5 Å². The highest BCUT2D eigenvalue weighted by atomic mass is 14.7. The summed E-state index contributed by atoms with van der Waals surface area (Å²) in [6, 6.07) is 16.5. The van der Waals surface area contributed by atoms with Gasteiger partial charge in [-0.1, -0.05) is 55.5 Å². The van der Waals surface area contributed by atoms with Crippen LogP contribution in [0.25, 0.3) is 10.8 Å². The summed E-state index contributed by atoms with van der Waals surface area (Å²) in [5, 5.41) is 2.32. The predicted octanol–water partition coefficient (Wildman–Crippen LogP) is 3.85. The van der Waals surface area contributed by atoms with E-state index in [1.807, 2.05) is 30.6 Å². The normalized spacial score (nSPS) is 12.5. The third-order valence-electron chi connectivity index (χ3n) is 3.81. The summed E-state index contributed by atoms with van der Waals surface area (Å²) in [5.41, 5.74) is 10.1. The topological polar surface area (TPSA) is 38.9 Å². The maximum absolute atomic E-state index is 6.52. The average Bonchev–Trinajstić information content (AvgIpc) is 2.53. The van der Waals surface area contributed by atoms with Gasteiger partial charge < -0.3 is 5.73 Å². The molecule has 0 saturated carbocycles. The number of pyridine rings is 1. The molecule has 0 spiro atoms. The van der Waals surface area contributed by atoms with Gasteiger partial charge in [0.2, 0.25) is 0 Å². The zero-order valence-corrected chi connectivity index (χ0v) is 11.6. The quantitative estimate of drug-likeness (QED) is 0.778. The minimum Gasteiger partial charge on any atom is -0.320 e. The fourth-order valence-corrected chi connectivity index (χ4v) is 2.71. The molecule has 1 atom stereocenters. The van der Waals surface area contributed by atoms with Gasteiger partial charge in [0.15, 0.2) is 0 Å². The first kappa shape index (κ1) is 12.8. The van der Waals surface area contributed by atoms with Crippen LogP contribution in [0.2, 0.25) is 0 Å². The van der Waals surface area contributed by atoms with Crippen molar-refractivity contribution in [2.24, 2.45) is 5.73 Å². The fraction of sp³-hybridized carbons (Fsp3) is 0.167. The van der Waals surface area contributed by atoms with Crippen molar-refractivity contribution >= 4 is 10.8 Å². The molecule has 1 unspecified atom stereocenters. The molecule has 2 nitrogen and oxygen atoms in total. The standard InChI is InChI=1S/C18H18N2/c1-2-13-7-3-6-10-16(13)18(19)17-12-20-11-14-8-4-5-9-15(14)17/h3-12,18H,2,19H2,1H3. The second kappa shape index (κ2) is 5.43. The third-order valence-corrected chi connectivity index (χ3v) is 3.81. The van der Waals surface area contributed by atoms with Crippen LogP contribution in [0.1, 0.15) is 29.7 Å². The first-order valence-corrected chi connectivity index (χ1v) is 6.97. The van der Waals surface area contributed by atoms with E-state index in [-0.39, 0.29) is 6.04 Å². The number of nitrogens with zero attached hydrogens (tertiary/aromatic N) is 1. The van der Waals surface area contributed by atoms with Crippen LogP contribution in [0.4, 0.5) is 0 Å². The maximum Gasteiger partial charge on any atom is 0.0575 e. The number of benzene rings is 2. The minimum absolute atomic E-state index is 0.134. The Kier molecular flexibility index (Phi) is 3.48. The van der Waals surface area contributed by atoms with E-state index in [9.17, 15) is 0 Å². The molecule has 3 aromatic rings. The molecule has 0 aliphatic carbocycles. The van der Waals surface area contributed by atoms with Crippen molar-refractivity contribution in [2.75, 3.05) is 0 Å². The van der Waals surface area contributed by atoms with Crippen molar-refractivity contribution in [1.29, 1.82) is 0 Å². The Morgan fingerprint density at radius 3 is 2.55 bits per heavy atom. The Morgan fingerprint density at radius 2 is 1.70 bits per heavy atom. The summed E-state index contributed by atoms with van der Waals surface area (Å²) in [7, 11) is 0. The van der Waals surface area contributed by atoms with Gasteiger partial charge in [0.25, 0.3) is 0 Å². The highest BCUT2D eigenvalue weighted by Gasteiger charge is 2.14. The Morgan fingerprint density at radius 1 is 0.950 bits per heavy atom. The lowest BCUT2D eigenvalue weighted by atomic mass is 9.92. The number of fused-ring (bicyclic) bond motifs is 1. The Bertz CT molecular complexity index is 729. The zero-order valence-electron chi connectivity index (χ0n) is 11.6. The average molecular weight is 262 g/mol. The van der Waals surface area contributed by atoms with Crippen molar-refractivity contribution in [2.45, 2.75) is 19.4 Å². The second-order valence-corrected chi connectivity index (χ2v) is 4.98. The Hall–Kier alpha value is -2.19. The Balaban J connectivity index is 2.15. The number of hydrogen-bond acceptors (Lipinski definition) is 2. The van der Waals surface area contributed by atoms with Crippen molar-refractivity contribution in [3.05, 3.63) is 77.6 Å². The van der Waals surface area contributed by atoms with Crippen LogP contribution >= 0.6 is 0 Å². The summed E-state index contributed by atoms with van der Waals surface area (Å²) >= 11 is 0. The van der Waals surface area contributed by atoms with E-state index in [4.69, 9.17) is 5.73 Å². The van der Waals surface area contributed by atoms with Crippen LogP contribution in [0, 0.1) is 0 Å². The molecule has 3 rings (SSSR count). The van der Waals surface area contributed by atoms with Crippen molar-refractivity contribution in [3.63, 3.8) is 0 Å². The largest absolute Gasteiger partial charge is 0.320 e. The number of nitrogens with two attached hydrogens (primary N) is 1. The summed E-state index contributed by atoms with van der Waals surface area (Å²) in [6.07, 6.45) is 4.76. The van der Waals surface area contributed by atoms with Crippen molar-refractivity contribution < 1.29 is 0 Å². The van der Waals surface area contributed by atoms with Gasteiger partial charge >= 0.3 is 0 Å². The van der Waals surface area contributed by atoms with Gasteiger partial charge in [-0.3, -0.25) is 4.98 Å². The van der Waals surface area contributed by atoms with Gasteiger partial charge in [0.1, 0.15) is 0 Å². The molecular weight excluding hydrogens is 244 g/mol. The molecule has 20 heavy (non-hydrogen) atoms. The molecule has 100 valence electrons. The van der Waals surface area contributed by atoms with Gasteiger partial charge in [-0.2, -0.15) is 0 Å². The van der Waals surface area contributed by atoms with Crippen molar-refractivity contribution in [3.8, 4) is 0 Å². The Labute approximate surface area is 119 Å². The smallest absolute Gasteiger partial charge is 0.0575 e. The minimum atomic E-state index is -0.134. The first-order chi connectivity index (χ1) is 9.81. The maximum atomic E-state index is 6.52. The SMILES string of the molecule is CCc1ccccc1C(N)c1cncc2ccccc12. The highest BCUT2D eigenvalue weighted by Crippen LogP contribution is 2.28. The lowest BCUT2D eigenvalue weighted by Crippen LogP contribution is -2.14. The number of aromatic nitrogens is 1. The summed E-state index contributed by atoms with van der Waals surface area (Å²) in [5.74, 6) is 0. The van der Waals surface area contributed by atoms with Crippen LogP contribution < -0.4 is 5.73 Å². The number of hydrogen-bond donors (Lipinski definition) is 1. The van der Waals surface area contributed by atoms with Crippen molar-refractivity contribution in [1.82, 2.24) is 4.98 Å². The third kappa shape index (κ3) is 2.19. The van der Waals surface area contributed by atoms with Crippen LogP contribution in [0.15, 0.2) is 60.9 Å². The molecule has 2 aromatic carbocycles. The molecule has 0 fully saturated rings. The van der Waals surface area contributed by atoms with E-state index in [1.165, 1.54) is 16.5 Å². The lowest BCUT2D eigenvalue weighted by Gasteiger charge is -2.17. The van der Waals surface area contributed by atoms with Crippen LogP contribution in [0.3, 0.4) is 0 Å². The van der Waals surface area contributed by atoms with Gasteiger partial charge in [0, 0.05) is 17.8 Å². The van der Waals surface area contributed by atoms with Gasteiger partial charge in [-0.15, -0.1) is 0 Å². The molecule has 2 heteroatoms. The second-order valence-electron chi connectivity index (χ2n) is 4.98. The summed E-state index contributed by atoms with van der Waals surface area (Å²) in [4.78, 5) is 4.33. The molecule has 0 amide bonds. The monoisotopic (exact) mass is 262 g/mol. The molecule has 0 aliphatic heterocycles. The number of rotatable bonds is 3. The summed E-state index contributed by atoms with van der Waals surface area (Å²) in [6.45, 7) is 2.16. The molecule has 0 aliphatic rings.